The number of fused-ring (bicyclic) bond motifs is 10. The van der Waals surface area contributed by atoms with E-state index in [2.05, 4.69) is 258 Å². The maximum atomic E-state index is 6.98. The molecule has 0 spiro atoms. The Labute approximate surface area is 398 Å². The lowest BCUT2D eigenvalue weighted by molar-refractivity contribution is 0.573. The van der Waals surface area contributed by atoms with Crippen LogP contribution in [0.4, 0.5) is 17.1 Å². The molecule has 68 heavy (non-hydrogen) atoms. The van der Waals surface area contributed by atoms with Crippen LogP contribution in [0.25, 0.3) is 66.1 Å². The van der Waals surface area contributed by atoms with Crippen molar-refractivity contribution in [2.75, 3.05) is 4.90 Å². The molecule has 0 aliphatic heterocycles. The number of nitrogens with zero attached hydrogens (tertiary/aromatic N) is 1. The molecule has 10 aromatic carbocycles. The minimum Gasteiger partial charge on any atom is -0.456 e. The summed E-state index contributed by atoms with van der Waals surface area (Å²) in [4.78, 5) is 2.49. The maximum absolute atomic E-state index is 6.98. The Morgan fingerprint density at radius 1 is 0.426 bits per heavy atom. The van der Waals surface area contributed by atoms with Crippen molar-refractivity contribution in [3.05, 3.63) is 257 Å². The quantitative estimate of drug-likeness (QED) is 0.165. The summed E-state index contributed by atoms with van der Waals surface area (Å²) in [5.41, 5.74) is 20.8. The van der Waals surface area contributed by atoms with Gasteiger partial charge in [-0.05, 0) is 114 Å². The van der Waals surface area contributed by atoms with E-state index in [1.54, 1.807) is 0 Å². The van der Waals surface area contributed by atoms with Gasteiger partial charge in [-0.3, -0.25) is 0 Å². The molecular weight excluding hydrogens is 823 g/mol. The topological polar surface area (TPSA) is 16.4 Å². The van der Waals surface area contributed by atoms with E-state index >= 15 is 0 Å². The highest BCUT2D eigenvalue weighted by molar-refractivity contribution is 6.09. The zero-order valence-corrected chi connectivity index (χ0v) is 39.1. The summed E-state index contributed by atoms with van der Waals surface area (Å²) in [6, 6.07) is 81.4. The summed E-state index contributed by atoms with van der Waals surface area (Å²) in [6.45, 7) is 11.5. The molecule has 0 saturated heterocycles. The minimum atomic E-state index is -0.501. The van der Waals surface area contributed by atoms with Gasteiger partial charge in [-0.15, -0.1) is 0 Å². The first-order valence-electron chi connectivity index (χ1n) is 24.0. The Kier molecular flexibility index (Phi) is 8.77. The molecule has 0 atom stereocenters. The Morgan fingerprint density at radius 3 is 1.78 bits per heavy atom. The monoisotopic (exact) mass is 873 g/mol. The van der Waals surface area contributed by atoms with E-state index in [0.29, 0.717) is 0 Å². The minimum absolute atomic E-state index is 0.0799. The molecule has 2 aliphatic carbocycles. The van der Waals surface area contributed by atoms with Crippen molar-refractivity contribution >= 4 is 49.8 Å². The first-order valence-corrected chi connectivity index (χ1v) is 24.0. The van der Waals surface area contributed by atoms with Gasteiger partial charge in [-0.1, -0.05) is 211 Å². The third-order valence-corrected chi connectivity index (χ3v) is 15.3. The van der Waals surface area contributed by atoms with Crippen LogP contribution in [0.2, 0.25) is 0 Å². The smallest absolute Gasteiger partial charge is 0.139 e. The van der Waals surface area contributed by atoms with Crippen LogP contribution in [0.5, 0.6) is 0 Å². The molecule has 1 aromatic heterocycles. The van der Waals surface area contributed by atoms with Crippen molar-refractivity contribution < 1.29 is 4.42 Å². The summed E-state index contributed by atoms with van der Waals surface area (Å²) in [5.74, 6) is 0. The maximum Gasteiger partial charge on any atom is 0.139 e. The van der Waals surface area contributed by atoms with Gasteiger partial charge in [0.15, 0.2) is 0 Å². The summed E-state index contributed by atoms with van der Waals surface area (Å²) >= 11 is 0. The molecule has 0 N–H and O–H groups in total. The Hall–Kier alpha value is -7.94. The number of furan rings is 1. The van der Waals surface area contributed by atoms with Gasteiger partial charge in [-0.2, -0.15) is 0 Å². The molecule has 0 unspecified atom stereocenters. The number of rotatable bonds is 6. The fraction of sp³-hybridized carbons (Fsp3) is 0.121. The Balaban J connectivity index is 1.10. The Morgan fingerprint density at radius 2 is 1.03 bits per heavy atom. The van der Waals surface area contributed by atoms with Gasteiger partial charge >= 0.3 is 0 Å². The molecule has 2 aliphatic rings. The molecule has 2 heteroatoms. The SMILES string of the molecule is CC(C)(C)c1cccc2c1oc1cc(N(c3ccc4c(c3)-c3ccccc3C4(c3ccccc3)c3ccccc3)c3ccc4ccccc4c3-c3ccc4c(c3)C(C)(C)c3ccccc3-4)ccc12. The van der Waals surface area contributed by atoms with Gasteiger partial charge in [-0.25, -0.2) is 0 Å². The van der Waals surface area contributed by atoms with Crippen molar-refractivity contribution in [3.8, 4) is 33.4 Å². The van der Waals surface area contributed by atoms with Crippen LogP contribution in [0.15, 0.2) is 223 Å². The predicted molar refractivity (Wildman–Crippen MR) is 285 cm³/mol. The Bertz CT molecular complexity index is 3770. The first kappa shape index (κ1) is 40.3. The van der Waals surface area contributed by atoms with Gasteiger partial charge in [0.25, 0.3) is 0 Å². The molecule has 1 heterocycles. The highest BCUT2D eigenvalue weighted by Gasteiger charge is 2.46. The summed E-state index contributed by atoms with van der Waals surface area (Å²) < 4.78 is 6.98. The normalized spacial score (nSPS) is 14.2. The molecule has 0 radical (unpaired) electrons. The molecule has 326 valence electrons. The third-order valence-electron chi connectivity index (χ3n) is 15.3. The van der Waals surface area contributed by atoms with Gasteiger partial charge in [0.05, 0.1) is 11.1 Å². The largest absolute Gasteiger partial charge is 0.456 e. The van der Waals surface area contributed by atoms with Crippen molar-refractivity contribution in [1.82, 2.24) is 0 Å². The molecule has 0 bridgehead atoms. The van der Waals surface area contributed by atoms with E-state index in [4.69, 9.17) is 4.42 Å². The zero-order valence-electron chi connectivity index (χ0n) is 39.1. The number of anilines is 3. The summed E-state index contributed by atoms with van der Waals surface area (Å²) in [6.07, 6.45) is 0. The first-order chi connectivity index (χ1) is 33.1. The van der Waals surface area contributed by atoms with Crippen LogP contribution in [0, 0.1) is 0 Å². The average Bonchev–Trinajstić information content (AvgIpc) is 3.97. The molecular formula is C66H51NO. The third kappa shape index (κ3) is 5.77. The van der Waals surface area contributed by atoms with Crippen LogP contribution >= 0.6 is 0 Å². The summed E-state index contributed by atoms with van der Waals surface area (Å²) in [5, 5.41) is 4.68. The van der Waals surface area contributed by atoms with Crippen molar-refractivity contribution in [2.24, 2.45) is 0 Å². The van der Waals surface area contributed by atoms with E-state index in [1.165, 1.54) is 83.1 Å². The predicted octanol–water partition coefficient (Wildman–Crippen LogP) is 17.8. The molecule has 0 saturated carbocycles. The van der Waals surface area contributed by atoms with Crippen LogP contribution in [0.1, 0.15) is 73.6 Å². The van der Waals surface area contributed by atoms with E-state index < -0.39 is 5.41 Å². The summed E-state index contributed by atoms with van der Waals surface area (Å²) in [7, 11) is 0. The van der Waals surface area contributed by atoms with Crippen LogP contribution in [-0.2, 0) is 16.2 Å². The number of para-hydroxylation sites is 1. The lowest BCUT2D eigenvalue weighted by Gasteiger charge is -2.34. The van der Waals surface area contributed by atoms with Crippen molar-refractivity contribution in [3.63, 3.8) is 0 Å². The van der Waals surface area contributed by atoms with Crippen LogP contribution < -0.4 is 4.90 Å². The second-order valence-electron chi connectivity index (χ2n) is 20.4. The van der Waals surface area contributed by atoms with E-state index in [0.717, 1.165) is 39.0 Å². The van der Waals surface area contributed by atoms with E-state index in [1.807, 2.05) is 0 Å². The second kappa shape index (κ2) is 14.8. The van der Waals surface area contributed by atoms with Gasteiger partial charge in [0.1, 0.15) is 11.2 Å². The van der Waals surface area contributed by atoms with Gasteiger partial charge in [0, 0.05) is 44.8 Å². The fourth-order valence-electron chi connectivity index (χ4n) is 12.1. The number of hydrogen-bond donors (Lipinski definition) is 0. The molecule has 11 aromatic rings. The average molecular weight is 874 g/mol. The van der Waals surface area contributed by atoms with Crippen molar-refractivity contribution in [1.29, 1.82) is 0 Å². The number of hydrogen-bond acceptors (Lipinski definition) is 2. The molecule has 13 rings (SSSR count). The lowest BCUT2D eigenvalue weighted by atomic mass is 9.68. The highest BCUT2D eigenvalue weighted by atomic mass is 16.3. The van der Waals surface area contributed by atoms with E-state index in [9.17, 15) is 0 Å². The van der Waals surface area contributed by atoms with Crippen LogP contribution in [0.3, 0.4) is 0 Å². The number of benzene rings is 10. The fourth-order valence-corrected chi connectivity index (χ4v) is 12.1. The standard InChI is InChI=1S/C66H51NO/c1-64(2,3)58-30-18-27-53-52-36-33-47(41-61(52)68-63(53)58)67(46-34-37-57-54(40-46)50-26-15-17-29-56(50)66(57,44-20-8-6-9-21-44)45-22-10-7-11-23-45)60-38-32-42-19-12-13-24-48(42)62(60)43-31-35-51-49-25-14-16-28-55(49)65(4,5)59(51)39-43/h6-41H,1-5H3. The van der Waals surface area contributed by atoms with Crippen molar-refractivity contribution in [2.45, 2.75) is 50.9 Å². The molecule has 0 amide bonds. The van der Waals surface area contributed by atoms with E-state index in [-0.39, 0.29) is 10.8 Å². The molecule has 0 fully saturated rings. The highest BCUT2D eigenvalue weighted by Crippen LogP contribution is 2.58. The van der Waals surface area contributed by atoms with Gasteiger partial charge in [0.2, 0.25) is 0 Å². The molecule has 2 nitrogen and oxygen atoms in total. The lowest BCUT2D eigenvalue weighted by Crippen LogP contribution is -2.28. The zero-order chi connectivity index (χ0) is 45.9. The van der Waals surface area contributed by atoms with Gasteiger partial charge < -0.3 is 9.32 Å². The van der Waals surface area contributed by atoms with Crippen LogP contribution in [-0.4, -0.2) is 0 Å². The second-order valence-corrected chi connectivity index (χ2v) is 20.4.